The molecule has 0 aliphatic carbocycles. The average Bonchev–Trinajstić information content (AvgIpc) is 3.43. The van der Waals surface area contributed by atoms with Crippen LogP contribution in [-0.4, -0.2) is 4.57 Å². The maximum atomic E-state index is 3.70. The zero-order chi connectivity index (χ0) is 29.3. The average molecular weight is 563 g/mol. The summed E-state index contributed by atoms with van der Waals surface area (Å²) in [5.74, 6) is 0. The van der Waals surface area contributed by atoms with Crippen LogP contribution in [0.25, 0.3) is 60.9 Å². The Bertz CT molecular complexity index is 2210. The molecule has 2 heteroatoms. The molecule has 1 heterocycles. The second-order valence-corrected chi connectivity index (χ2v) is 11.1. The normalized spacial score (nSPS) is 11.2. The molecular weight excluding hydrogens is 532 g/mol. The van der Waals surface area contributed by atoms with Gasteiger partial charge in [0.2, 0.25) is 0 Å². The van der Waals surface area contributed by atoms with Crippen LogP contribution >= 0.6 is 0 Å². The number of nitrogens with one attached hydrogen (secondary N) is 1. The van der Waals surface area contributed by atoms with Crippen LogP contribution in [-0.2, 0) is 0 Å². The number of anilines is 2. The van der Waals surface area contributed by atoms with Crippen LogP contribution in [0.4, 0.5) is 11.4 Å². The number of fused-ring (bicyclic) bond motifs is 3. The van der Waals surface area contributed by atoms with Crippen LogP contribution in [0.5, 0.6) is 0 Å². The van der Waals surface area contributed by atoms with Crippen LogP contribution in [0.2, 0.25) is 0 Å². The third-order valence-corrected chi connectivity index (χ3v) is 8.40. The first-order valence-electron chi connectivity index (χ1n) is 15.0. The fourth-order valence-electron chi connectivity index (χ4n) is 6.23. The van der Waals surface area contributed by atoms with Crippen LogP contribution in [0.15, 0.2) is 176 Å². The molecule has 8 rings (SSSR count). The van der Waals surface area contributed by atoms with E-state index in [1.54, 1.807) is 0 Å². The van der Waals surface area contributed by atoms with Gasteiger partial charge in [-0.1, -0.05) is 127 Å². The SMILES string of the molecule is c1ccc(-c2ccc(Nc3ccc(-c4ccc5c6ccccc6n(-c6ccccc6)c5c4)cc3-c3ccccc3)cc2)cc1. The molecular formula is C42H30N2. The summed E-state index contributed by atoms with van der Waals surface area (Å²) in [6, 6.07) is 62.7. The highest BCUT2D eigenvalue weighted by Crippen LogP contribution is 2.38. The van der Waals surface area contributed by atoms with E-state index in [1.165, 1.54) is 60.9 Å². The smallest absolute Gasteiger partial charge is 0.0547 e. The minimum absolute atomic E-state index is 1.06. The molecule has 0 saturated heterocycles. The van der Waals surface area contributed by atoms with Crippen molar-refractivity contribution in [3.05, 3.63) is 176 Å². The zero-order valence-corrected chi connectivity index (χ0v) is 24.2. The van der Waals surface area contributed by atoms with E-state index in [2.05, 4.69) is 186 Å². The van der Waals surface area contributed by atoms with Gasteiger partial charge in [0.1, 0.15) is 0 Å². The summed E-state index contributed by atoms with van der Waals surface area (Å²) in [6.45, 7) is 0. The Balaban J connectivity index is 1.22. The summed E-state index contributed by atoms with van der Waals surface area (Å²) < 4.78 is 2.38. The minimum atomic E-state index is 1.06. The van der Waals surface area contributed by atoms with Gasteiger partial charge < -0.3 is 9.88 Å². The van der Waals surface area contributed by atoms with Crippen molar-refractivity contribution in [2.45, 2.75) is 0 Å². The number of nitrogens with zero attached hydrogens (tertiary/aromatic N) is 1. The third kappa shape index (κ3) is 4.73. The van der Waals surface area contributed by atoms with Gasteiger partial charge in [-0.05, 0) is 76.3 Å². The zero-order valence-electron chi connectivity index (χ0n) is 24.2. The summed E-state index contributed by atoms with van der Waals surface area (Å²) in [5, 5.41) is 6.22. The molecule has 7 aromatic carbocycles. The van der Waals surface area contributed by atoms with Crippen molar-refractivity contribution in [1.29, 1.82) is 0 Å². The number of hydrogen-bond acceptors (Lipinski definition) is 1. The number of hydrogen-bond donors (Lipinski definition) is 1. The quantitative estimate of drug-likeness (QED) is 0.213. The third-order valence-electron chi connectivity index (χ3n) is 8.40. The number of aromatic nitrogens is 1. The highest BCUT2D eigenvalue weighted by atomic mass is 15.0. The van der Waals surface area contributed by atoms with Gasteiger partial charge in [0.15, 0.2) is 0 Å². The number of para-hydroxylation sites is 2. The summed E-state index contributed by atoms with van der Waals surface area (Å²) in [7, 11) is 0. The predicted octanol–water partition coefficient (Wildman–Crippen LogP) is 11.5. The van der Waals surface area contributed by atoms with Gasteiger partial charge in [-0.3, -0.25) is 0 Å². The van der Waals surface area contributed by atoms with E-state index in [0.29, 0.717) is 0 Å². The van der Waals surface area contributed by atoms with Crippen LogP contribution in [0, 0.1) is 0 Å². The summed E-state index contributed by atoms with van der Waals surface area (Å²) in [5.41, 5.74) is 12.9. The summed E-state index contributed by atoms with van der Waals surface area (Å²) in [6.07, 6.45) is 0. The van der Waals surface area contributed by atoms with Gasteiger partial charge in [-0.25, -0.2) is 0 Å². The van der Waals surface area contributed by atoms with E-state index in [9.17, 15) is 0 Å². The van der Waals surface area contributed by atoms with Gasteiger partial charge in [0.05, 0.1) is 11.0 Å². The first kappa shape index (κ1) is 25.8. The molecule has 2 nitrogen and oxygen atoms in total. The topological polar surface area (TPSA) is 17.0 Å². The van der Waals surface area contributed by atoms with Gasteiger partial charge in [0.25, 0.3) is 0 Å². The van der Waals surface area contributed by atoms with Crippen molar-refractivity contribution in [3.63, 3.8) is 0 Å². The second kappa shape index (κ2) is 11.1. The standard InChI is InChI=1S/C42H30N2/c1-4-12-30(13-5-1)31-20-24-35(25-21-31)43-40-27-23-33(28-39(40)32-14-6-2-7-15-32)34-22-26-38-37-18-10-11-19-41(37)44(42(38)29-34)36-16-8-3-9-17-36/h1-29,43H. The maximum Gasteiger partial charge on any atom is 0.0547 e. The molecule has 0 aliphatic heterocycles. The molecule has 1 aromatic heterocycles. The van der Waals surface area contributed by atoms with E-state index in [4.69, 9.17) is 0 Å². The number of benzene rings is 7. The molecule has 208 valence electrons. The molecule has 44 heavy (non-hydrogen) atoms. The van der Waals surface area contributed by atoms with E-state index in [-0.39, 0.29) is 0 Å². The molecule has 0 bridgehead atoms. The lowest BCUT2D eigenvalue weighted by Gasteiger charge is -2.15. The molecule has 0 spiro atoms. The molecule has 0 radical (unpaired) electrons. The molecule has 0 saturated carbocycles. The lowest BCUT2D eigenvalue weighted by molar-refractivity contribution is 1.18. The summed E-state index contributed by atoms with van der Waals surface area (Å²) >= 11 is 0. The molecule has 0 fully saturated rings. The molecule has 1 N–H and O–H groups in total. The van der Waals surface area contributed by atoms with Crippen LogP contribution < -0.4 is 5.32 Å². The van der Waals surface area contributed by atoms with Crippen molar-refractivity contribution in [1.82, 2.24) is 4.57 Å². The monoisotopic (exact) mass is 562 g/mol. The Morgan fingerprint density at radius 2 is 0.909 bits per heavy atom. The predicted molar refractivity (Wildman–Crippen MR) is 187 cm³/mol. The minimum Gasteiger partial charge on any atom is -0.355 e. The second-order valence-electron chi connectivity index (χ2n) is 11.1. The molecule has 0 atom stereocenters. The Kier molecular flexibility index (Phi) is 6.51. The van der Waals surface area contributed by atoms with Crippen molar-refractivity contribution in [3.8, 4) is 39.1 Å². The van der Waals surface area contributed by atoms with Crippen LogP contribution in [0.1, 0.15) is 0 Å². The maximum absolute atomic E-state index is 3.70. The molecule has 8 aromatic rings. The van der Waals surface area contributed by atoms with E-state index in [1.807, 2.05) is 0 Å². The Morgan fingerprint density at radius 1 is 0.364 bits per heavy atom. The Morgan fingerprint density at radius 3 is 1.66 bits per heavy atom. The van der Waals surface area contributed by atoms with Crippen LogP contribution in [0.3, 0.4) is 0 Å². The molecule has 0 unspecified atom stereocenters. The van der Waals surface area contributed by atoms with Gasteiger partial charge >= 0.3 is 0 Å². The van der Waals surface area contributed by atoms with Gasteiger partial charge in [0, 0.05) is 33.4 Å². The fraction of sp³-hybridized carbons (Fsp3) is 0. The summed E-state index contributed by atoms with van der Waals surface area (Å²) in [4.78, 5) is 0. The Hall–Kier alpha value is -5.86. The molecule has 0 aliphatic rings. The van der Waals surface area contributed by atoms with Crippen molar-refractivity contribution >= 4 is 33.2 Å². The van der Waals surface area contributed by atoms with Gasteiger partial charge in [-0.2, -0.15) is 0 Å². The number of rotatable bonds is 6. The van der Waals surface area contributed by atoms with Gasteiger partial charge in [-0.15, -0.1) is 0 Å². The first-order chi connectivity index (χ1) is 21.8. The highest BCUT2D eigenvalue weighted by molar-refractivity contribution is 6.10. The largest absolute Gasteiger partial charge is 0.355 e. The van der Waals surface area contributed by atoms with E-state index in [0.717, 1.165) is 11.4 Å². The lowest BCUT2D eigenvalue weighted by atomic mass is 9.96. The highest BCUT2D eigenvalue weighted by Gasteiger charge is 2.14. The van der Waals surface area contributed by atoms with Crippen molar-refractivity contribution in [2.75, 3.05) is 5.32 Å². The lowest BCUT2D eigenvalue weighted by Crippen LogP contribution is -1.95. The van der Waals surface area contributed by atoms with Crippen molar-refractivity contribution < 1.29 is 0 Å². The molecule has 0 amide bonds. The Labute approximate surface area is 257 Å². The fourth-order valence-corrected chi connectivity index (χ4v) is 6.23. The van der Waals surface area contributed by atoms with E-state index < -0.39 is 0 Å². The van der Waals surface area contributed by atoms with Crippen molar-refractivity contribution in [2.24, 2.45) is 0 Å². The van der Waals surface area contributed by atoms with E-state index >= 15 is 0 Å². The first-order valence-corrected chi connectivity index (χ1v) is 15.0.